The third-order valence-corrected chi connectivity index (χ3v) is 6.18. The number of rotatable bonds is 5. The number of carbonyl (C=O) groups is 3. The van der Waals surface area contributed by atoms with Gasteiger partial charge in [0.05, 0.1) is 23.6 Å². The minimum atomic E-state index is -4.71. The smallest absolute Gasteiger partial charge is 0.344 e. The Morgan fingerprint density at radius 1 is 1.00 bits per heavy atom. The number of halogens is 4. The summed E-state index contributed by atoms with van der Waals surface area (Å²) in [6, 6.07) is 15.3. The number of hydrazine groups is 1. The summed E-state index contributed by atoms with van der Waals surface area (Å²) in [7, 11) is 0. The Morgan fingerprint density at radius 2 is 1.65 bits per heavy atom. The molecule has 10 heteroatoms. The van der Waals surface area contributed by atoms with Crippen molar-refractivity contribution < 1.29 is 31.9 Å². The van der Waals surface area contributed by atoms with Crippen LogP contribution in [0.2, 0.25) is 0 Å². The largest absolute Gasteiger partial charge is 0.416 e. The van der Waals surface area contributed by atoms with Crippen LogP contribution in [0, 0.1) is 5.82 Å². The van der Waals surface area contributed by atoms with Gasteiger partial charge < -0.3 is 5.32 Å². The second-order valence-corrected chi connectivity index (χ2v) is 8.75. The molecule has 0 saturated heterocycles. The molecular formula is C27H23F4N3O3. The molecular weight excluding hydrogens is 490 g/mol. The van der Waals surface area contributed by atoms with E-state index < -0.39 is 47.8 Å². The third-order valence-electron chi connectivity index (χ3n) is 6.18. The zero-order chi connectivity index (χ0) is 26.9. The van der Waals surface area contributed by atoms with Gasteiger partial charge in [0, 0.05) is 5.56 Å². The zero-order valence-corrected chi connectivity index (χ0v) is 19.9. The minimum Gasteiger partial charge on any atom is -0.344 e. The summed E-state index contributed by atoms with van der Waals surface area (Å²) < 4.78 is 52.3. The van der Waals surface area contributed by atoms with Gasteiger partial charge in [-0.25, -0.2) is 9.40 Å². The van der Waals surface area contributed by atoms with Crippen molar-refractivity contribution in [2.24, 2.45) is 0 Å². The standard InChI is InChI=1S/C27H23F4N3O3/c1-15-19-7-3-4-8-20(19)21-9-5-6-10-23(21)34(26(15)37)33-25(36)16(2)32-24(35)13-17-11-12-18(14-22(17)28)27(29,30)31/h3-12,14-16H,13H2,1-2H3,(H,32,35)(H,33,36)/t15?,16-/m0/s1. The Morgan fingerprint density at radius 3 is 2.32 bits per heavy atom. The zero-order valence-electron chi connectivity index (χ0n) is 19.9. The van der Waals surface area contributed by atoms with Crippen molar-refractivity contribution in [1.29, 1.82) is 0 Å². The number of alkyl halides is 3. The highest BCUT2D eigenvalue weighted by molar-refractivity contribution is 6.06. The van der Waals surface area contributed by atoms with Gasteiger partial charge in [-0.3, -0.25) is 19.8 Å². The van der Waals surface area contributed by atoms with Gasteiger partial charge >= 0.3 is 6.18 Å². The van der Waals surface area contributed by atoms with Crippen molar-refractivity contribution in [1.82, 2.24) is 10.7 Å². The maximum Gasteiger partial charge on any atom is 0.416 e. The van der Waals surface area contributed by atoms with E-state index in [4.69, 9.17) is 0 Å². The molecule has 0 spiro atoms. The maximum atomic E-state index is 14.1. The summed E-state index contributed by atoms with van der Waals surface area (Å²) in [4.78, 5) is 38.7. The number of hydrogen-bond acceptors (Lipinski definition) is 3. The molecule has 0 aromatic heterocycles. The van der Waals surface area contributed by atoms with Gasteiger partial charge in [-0.2, -0.15) is 13.2 Å². The van der Waals surface area contributed by atoms with Crippen LogP contribution in [0.15, 0.2) is 66.7 Å². The molecule has 6 nitrogen and oxygen atoms in total. The lowest BCUT2D eigenvalue weighted by atomic mass is 9.92. The predicted octanol–water partition coefficient (Wildman–Crippen LogP) is 4.74. The lowest BCUT2D eigenvalue weighted by Crippen LogP contribution is -2.54. The highest BCUT2D eigenvalue weighted by Crippen LogP contribution is 2.40. The van der Waals surface area contributed by atoms with Crippen LogP contribution in [-0.4, -0.2) is 23.8 Å². The quantitative estimate of drug-likeness (QED) is 0.484. The molecule has 2 N–H and O–H groups in total. The molecule has 1 heterocycles. The van der Waals surface area contributed by atoms with Crippen molar-refractivity contribution in [2.45, 2.75) is 38.4 Å². The fourth-order valence-electron chi connectivity index (χ4n) is 4.18. The Bertz CT molecular complexity index is 1370. The van der Waals surface area contributed by atoms with Crippen molar-refractivity contribution in [3.63, 3.8) is 0 Å². The van der Waals surface area contributed by atoms with Crippen LogP contribution in [0.1, 0.15) is 36.5 Å². The number of nitrogens with one attached hydrogen (secondary N) is 2. The fourth-order valence-corrected chi connectivity index (χ4v) is 4.18. The first-order chi connectivity index (χ1) is 17.5. The van der Waals surface area contributed by atoms with E-state index in [9.17, 15) is 31.9 Å². The Balaban J connectivity index is 1.48. The summed E-state index contributed by atoms with van der Waals surface area (Å²) in [6.07, 6.45) is -5.28. The molecule has 3 aromatic rings. The van der Waals surface area contributed by atoms with E-state index >= 15 is 0 Å². The highest BCUT2D eigenvalue weighted by Gasteiger charge is 2.34. The second-order valence-electron chi connectivity index (χ2n) is 8.75. The van der Waals surface area contributed by atoms with Crippen LogP contribution in [-0.2, 0) is 27.0 Å². The highest BCUT2D eigenvalue weighted by atomic mass is 19.4. The van der Waals surface area contributed by atoms with Crippen LogP contribution in [0.25, 0.3) is 11.1 Å². The SMILES string of the molecule is CC1C(=O)N(NC(=O)[C@H](C)NC(=O)Cc2ccc(C(F)(F)F)cc2F)c2ccccc2-c2ccccc21. The molecule has 37 heavy (non-hydrogen) atoms. The molecule has 2 atom stereocenters. The number of fused-ring (bicyclic) bond motifs is 3. The van der Waals surface area contributed by atoms with Crippen molar-refractivity contribution >= 4 is 23.4 Å². The Labute approximate surface area is 210 Å². The predicted molar refractivity (Wildman–Crippen MR) is 129 cm³/mol. The third kappa shape index (κ3) is 5.32. The van der Waals surface area contributed by atoms with Gasteiger partial charge in [-0.05, 0) is 48.7 Å². The average Bonchev–Trinajstić information content (AvgIpc) is 2.94. The molecule has 1 unspecified atom stereocenters. The van der Waals surface area contributed by atoms with Gasteiger partial charge in [-0.15, -0.1) is 0 Å². The van der Waals surface area contributed by atoms with Gasteiger partial charge in [0.1, 0.15) is 11.9 Å². The number of carbonyl (C=O) groups excluding carboxylic acids is 3. The minimum absolute atomic E-state index is 0.249. The molecule has 0 bridgehead atoms. The second kappa shape index (κ2) is 10.0. The number of amides is 3. The van der Waals surface area contributed by atoms with Crippen molar-refractivity contribution in [3.05, 3.63) is 89.2 Å². The average molecular weight is 513 g/mol. The number of benzene rings is 3. The van der Waals surface area contributed by atoms with Crippen LogP contribution >= 0.6 is 0 Å². The topological polar surface area (TPSA) is 78.5 Å². The molecule has 3 amide bonds. The molecule has 0 saturated carbocycles. The molecule has 0 radical (unpaired) electrons. The lowest BCUT2D eigenvalue weighted by molar-refractivity contribution is -0.137. The number of nitrogens with zero attached hydrogens (tertiary/aromatic N) is 1. The van der Waals surface area contributed by atoms with Gasteiger partial charge in [0.15, 0.2) is 0 Å². The normalized spacial score (nSPS) is 15.8. The summed E-state index contributed by atoms with van der Waals surface area (Å²) in [5.41, 5.74) is 4.01. The first-order valence-corrected chi connectivity index (χ1v) is 11.4. The summed E-state index contributed by atoms with van der Waals surface area (Å²) in [5.74, 6) is -3.61. The van der Waals surface area contributed by atoms with E-state index in [1.807, 2.05) is 36.4 Å². The molecule has 0 aliphatic carbocycles. The van der Waals surface area contributed by atoms with E-state index in [2.05, 4.69) is 10.7 Å². The summed E-state index contributed by atoms with van der Waals surface area (Å²) in [6.45, 7) is 3.11. The molecule has 192 valence electrons. The van der Waals surface area contributed by atoms with E-state index in [0.717, 1.165) is 27.8 Å². The molecule has 1 aliphatic heterocycles. The van der Waals surface area contributed by atoms with Gasteiger partial charge in [0.25, 0.3) is 11.8 Å². The summed E-state index contributed by atoms with van der Waals surface area (Å²) in [5, 5.41) is 3.55. The van der Waals surface area contributed by atoms with Gasteiger partial charge in [-0.1, -0.05) is 48.5 Å². The Hall–Kier alpha value is -4.21. The number of anilines is 1. The van der Waals surface area contributed by atoms with Crippen LogP contribution in [0.3, 0.4) is 0 Å². The first kappa shape index (κ1) is 25.9. The summed E-state index contributed by atoms with van der Waals surface area (Å²) >= 11 is 0. The molecule has 0 fully saturated rings. The molecule has 3 aromatic carbocycles. The van der Waals surface area contributed by atoms with Crippen LogP contribution in [0.5, 0.6) is 0 Å². The van der Waals surface area contributed by atoms with E-state index in [1.165, 1.54) is 6.92 Å². The molecule has 4 rings (SSSR count). The fraction of sp³-hybridized carbons (Fsp3) is 0.222. The van der Waals surface area contributed by atoms with Crippen molar-refractivity contribution in [2.75, 3.05) is 5.01 Å². The monoisotopic (exact) mass is 513 g/mol. The maximum absolute atomic E-state index is 14.1. The van der Waals surface area contributed by atoms with E-state index in [0.29, 0.717) is 17.8 Å². The lowest BCUT2D eigenvalue weighted by Gasteiger charge is -2.27. The number of para-hydroxylation sites is 1. The van der Waals surface area contributed by atoms with Crippen LogP contribution in [0.4, 0.5) is 23.2 Å². The van der Waals surface area contributed by atoms with Crippen molar-refractivity contribution in [3.8, 4) is 11.1 Å². The Kier molecular flexibility index (Phi) is 7.02. The van der Waals surface area contributed by atoms with Gasteiger partial charge in [0.2, 0.25) is 5.91 Å². The molecule has 1 aliphatic rings. The van der Waals surface area contributed by atoms with E-state index in [1.54, 1.807) is 19.1 Å². The first-order valence-electron chi connectivity index (χ1n) is 11.4. The number of hydrogen-bond donors (Lipinski definition) is 2. The van der Waals surface area contributed by atoms with Crippen LogP contribution < -0.4 is 15.8 Å². The van der Waals surface area contributed by atoms with E-state index in [-0.39, 0.29) is 11.5 Å².